The lowest BCUT2D eigenvalue weighted by molar-refractivity contribution is -0.519. The van der Waals surface area contributed by atoms with Crippen molar-refractivity contribution in [2.24, 2.45) is 4.99 Å². The first-order chi connectivity index (χ1) is 12.5. The Kier molecular flexibility index (Phi) is 5.33. The predicted octanol–water partition coefficient (Wildman–Crippen LogP) is 4.06. The summed E-state index contributed by atoms with van der Waals surface area (Å²) >= 11 is 0. The highest BCUT2D eigenvalue weighted by Gasteiger charge is 2.38. The lowest BCUT2D eigenvalue weighted by Gasteiger charge is -2.34. The highest BCUT2D eigenvalue weighted by atomic mass is 28.3. The van der Waals surface area contributed by atoms with E-state index in [1.54, 1.807) is 0 Å². The SMILES string of the molecule is CCN(CC)c1ccc2c(c1)[Si](C)(C)C1=CC(=[N+](CC)CC)C=CC1=N2. The number of hydrogen-bond donors (Lipinski definition) is 0. The van der Waals surface area contributed by atoms with Gasteiger partial charge in [0.2, 0.25) is 0 Å². The van der Waals surface area contributed by atoms with Gasteiger partial charge in [0.05, 0.1) is 11.4 Å². The van der Waals surface area contributed by atoms with Crippen LogP contribution in [0.4, 0.5) is 11.4 Å². The van der Waals surface area contributed by atoms with Crippen molar-refractivity contribution in [2.45, 2.75) is 40.8 Å². The van der Waals surface area contributed by atoms with Crippen LogP contribution in [0.5, 0.6) is 0 Å². The van der Waals surface area contributed by atoms with E-state index in [0.29, 0.717) is 0 Å². The van der Waals surface area contributed by atoms with Crippen LogP contribution in [0.1, 0.15) is 27.7 Å². The fourth-order valence-electron chi connectivity index (χ4n) is 4.09. The summed E-state index contributed by atoms with van der Waals surface area (Å²) in [7, 11) is -1.78. The summed E-state index contributed by atoms with van der Waals surface area (Å²) in [5.41, 5.74) is 4.99. The molecule has 1 aromatic rings. The van der Waals surface area contributed by atoms with Crippen LogP contribution in [0.15, 0.2) is 46.6 Å². The van der Waals surface area contributed by atoms with Crippen molar-refractivity contribution < 1.29 is 4.58 Å². The van der Waals surface area contributed by atoms with Crippen LogP contribution < -0.4 is 10.1 Å². The molecule has 2 aliphatic rings. The standard InChI is InChI=1S/C22H32N3Si/c1-7-24(8-2)17-11-13-19-21(15-17)26(5,6)22-16-18(25(9-3)10-4)12-14-20(22)23-19/h11-16H,7-10H2,1-6H3/q+1. The minimum Gasteiger partial charge on any atom is -0.372 e. The summed E-state index contributed by atoms with van der Waals surface area (Å²) in [5.74, 6) is 0. The lowest BCUT2D eigenvalue weighted by Crippen LogP contribution is -2.49. The van der Waals surface area contributed by atoms with Crippen molar-refractivity contribution in [3.63, 3.8) is 0 Å². The molecule has 0 spiro atoms. The van der Waals surface area contributed by atoms with Crippen molar-refractivity contribution in [1.82, 2.24) is 0 Å². The maximum absolute atomic E-state index is 5.01. The molecule has 0 amide bonds. The molecule has 3 nitrogen and oxygen atoms in total. The summed E-state index contributed by atoms with van der Waals surface area (Å²) in [5, 5.41) is 2.93. The molecule has 0 unspecified atom stereocenters. The van der Waals surface area contributed by atoms with E-state index in [2.05, 4.69) is 86.7 Å². The number of hydrogen-bond acceptors (Lipinski definition) is 2. The van der Waals surface area contributed by atoms with Crippen LogP contribution >= 0.6 is 0 Å². The van der Waals surface area contributed by atoms with Crippen LogP contribution in [-0.4, -0.2) is 50.3 Å². The highest BCUT2D eigenvalue weighted by molar-refractivity contribution is 7.01. The number of rotatable bonds is 5. The van der Waals surface area contributed by atoms with E-state index in [1.807, 2.05) is 0 Å². The zero-order chi connectivity index (χ0) is 18.9. The number of aliphatic imine (C=N–C) groups is 1. The van der Waals surface area contributed by atoms with Gasteiger partial charge in [-0.1, -0.05) is 13.1 Å². The number of benzene rings is 1. The number of nitrogens with zero attached hydrogens (tertiary/aromatic N) is 3. The van der Waals surface area contributed by atoms with E-state index < -0.39 is 8.07 Å². The molecule has 1 aromatic carbocycles. The van der Waals surface area contributed by atoms with Gasteiger partial charge >= 0.3 is 0 Å². The monoisotopic (exact) mass is 366 g/mol. The lowest BCUT2D eigenvalue weighted by atomic mass is 10.1. The smallest absolute Gasteiger partial charge is 0.199 e. The Bertz CT molecular complexity index is 818. The first kappa shape index (κ1) is 18.8. The van der Waals surface area contributed by atoms with Crippen LogP contribution in [-0.2, 0) is 0 Å². The molecular formula is C22H32N3Si+. The first-order valence-electron chi connectivity index (χ1n) is 9.96. The average molecular weight is 367 g/mol. The molecular weight excluding hydrogens is 334 g/mol. The van der Waals surface area contributed by atoms with E-state index in [1.165, 1.54) is 33.2 Å². The summed E-state index contributed by atoms with van der Waals surface area (Å²) < 4.78 is 2.42. The molecule has 26 heavy (non-hydrogen) atoms. The van der Waals surface area contributed by atoms with Crippen LogP contribution in [0.2, 0.25) is 13.1 Å². The van der Waals surface area contributed by atoms with Crippen molar-refractivity contribution in [3.8, 4) is 0 Å². The number of anilines is 1. The maximum atomic E-state index is 5.01. The third-order valence-electron chi connectivity index (χ3n) is 5.81. The maximum Gasteiger partial charge on any atom is 0.199 e. The van der Waals surface area contributed by atoms with Crippen molar-refractivity contribution in [2.75, 3.05) is 31.1 Å². The quantitative estimate of drug-likeness (QED) is 0.437. The van der Waals surface area contributed by atoms with E-state index in [9.17, 15) is 0 Å². The Morgan fingerprint density at radius 1 is 1.00 bits per heavy atom. The molecule has 0 atom stereocenters. The van der Waals surface area contributed by atoms with Gasteiger partial charge in [-0.15, -0.1) is 0 Å². The largest absolute Gasteiger partial charge is 0.372 e. The van der Waals surface area contributed by atoms with Crippen LogP contribution in [0.25, 0.3) is 0 Å². The van der Waals surface area contributed by atoms with Gasteiger partial charge in [-0.2, -0.15) is 0 Å². The Labute approximate surface area is 159 Å². The molecule has 0 bridgehead atoms. The van der Waals surface area contributed by atoms with Gasteiger partial charge in [0.1, 0.15) is 21.2 Å². The Morgan fingerprint density at radius 2 is 1.69 bits per heavy atom. The molecule has 0 aromatic heterocycles. The van der Waals surface area contributed by atoms with Crippen LogP contribution in [0, 0.1) is 0 Å². The van der Waals surface area contributed by atoms with Crippen molar-refractivity contribution in [3.05, 3.63) is 41.6 Å². The molecule has 1 heterocycles. The van der Waals surface area contributed by atoms with Gasteiger partial charge < -0.3 is 4.90 Å². The van der Waals surface area contributed by atoms with Crippen molar-refractivity contribution in [1.29, 1.82) is 0 Å². The fraction of sp³-hybridized carbons (Fsp3) is 0.455. The van der Waals surface area contributed by atoms with E-state index in [0.717, 1.165) is 26.2 Å². The van der Waals surface area contributed by atoms with E-state index in [-0.39, 0.29) is 0 Å². The Balaban J connectivity index is 2.14. The third-order valence-corrected chi connectivity index (χ3v) is 9.30. The van der Waals surface area contributed by atoms with Gasteiger partial charge in [-0.3, -0.25) is 0 Å². The average Bonchev–Trinajstić information content (AvgIpc) is 2.65. The number of fused-ring (bicyclic) bond motifs is 2. The van der Waals surface area contributed by atoms with Crippen LogP contribution in [0.3, 0.4) is 0 Å². The van der Waals surface area contributed by atoms with Gasteiger partial charge in [0.25, 0.3) is 0 Å². The van der Waals surface area contributed by atoms with Gasteiger partial charge in [0, 0.05) is 30.9 Å². The molecule has 0 fully saturated rings. The zero-order valence-corrected chi connectivity index (χ0v) is 18.1. The topological polar surface area (TPSA) is 18.6 Å². The molecule has 1 aliphatic heterocycles. The normalized spacial score (nSPS) is 17.2. The van der Waals surface area contributed by atoms with Gasteiger partial charge in [-0.05, 0) is 62.4 Å². The highest BCUT2D eigenvalue weighted by Crippen LogP contribution is 2.32. The first-order valence-corrected chi connectivity index (χ1v) is 13.0. The molecule has 0 N–H and O–H groups in total. The van der Waals surface area contributed by atoms with Gasteiger partial charge in [-0.25, -0.2) is 9.57 Å². The molecule has 0 saturated heterocycles. The van der Waals surface area contributed by atoms with Crippen molar-refractivity contribution >= 4 is 36.1 Å². The minimum absolute atomic E-state index is 1.04. The molecule has 138 valence electrons. The molecule has 1 aliphatic carbocycles. The van der Waals surface area contributed by atoms with Gasteiger partial charge in [0.15, 0.2) is 5.71 Å². The number of allylic oxidation sites excluding steroid dienone is 4. The Hall–Kier alpha value is -1.94. The summed E-state index contributed by atoms with van der Waals surface area (Å²) in [6.45, 7) is 18.0. The second-order valence-corrected chi connectivity index (χ2v) is 11.8. The predicted molar refractivity (Wildman–Crippen MR) is 118 cm³/mol. The summed E-state index contributed by atoms with van der Waals surface area (Å²) in [4.78, 5) is 7.43. The summed E-state index contributed by atoms with van der Waals surface area (Å²) in [6, 6.07) is 6.86. The summed E-state index contributed by atoms with van der Waals surface area (Å²) in [6.07, 6.45) is 6.86. The second-order valence-electron chi connectivity index (χ2n) is 7.48. The zero-order valence-electron chi connectivity index (χ0n) is 17.1. The molecule has 0 saturated carbocycles. The minimum atomic E-state index is -1.78. The second kappa shape index (κ2) is 7.35. The van der Waals surface area contributed by atoms with E-state index in [4.69, 9.17) is 4.99 Å². The Morgan fingerprint density at radius 3 is 2.31 bits per heavy atom. The molecule has 0 radical (unpaired) electrons. The third kappa shape index (κ3) is 3.11. The molecule has 3 rings (SSSR count). The van der Waals surface area contributed by atoms with E-state index >= 15 is 0 Å². The molecule has 4 heteroatoms. The fourth-order valence-corrected chi connectivity index (χ4v) is 6.96.